The molecule has 8 saturated heterocycles. The van der Waals surface area contributed by atoms with Gasteiger partial charge in [0.05, 0.1) is 55.3 Å². The van der Waals surface area contributed by atoms with Crippen molar-refractivity contribution in [3.63, 3.8) is 0 Å². The first kappa shape index (κ1) is 43.5. The minimum atomic E-state index is -1.86. The molecule has 9 heterocycles. The first-order chi connectivity index (χ1) is 28.4. The minimum absolute atomic E-state index is 0.0470. The van der Waals surface area contributed by atoms with Crippen LogP contribution in [-0.4, -0.2) is 123 Å². The van der Waals surface area contributed by atoms with Crippen LogP contribution in [0.15, 0.2) is 36.5 Å². The summed E-state index contributed by atoms with van der Waals surface area (Å²) in [5.41, 5.74) is 0.375. The number of rotatable bonds is 9. The number of aliphatic carboxylic acids is 1. The highest BCUT2D eigenvalue weighted by Crippen LogP contribution is 2.55. The van der Waals surface area contributed by atoms with Crippen LogP contribution in [0.1, 0.15) is 118 Å². The zero-order chi connectivity index (χ0) is 42.4. The van der Waals surface area contributed by atoms with Gasteiger partial charge >= 0.3 is 5.97 Å². The fourth-order valence-electron chi connectivity index (χ4n) is 12.4. The smallest absolute Gasteiger partial charge is 0.306 e. The number of hydrogen-bond donors (Lipinski definition) is 5. The molecule has 8 fully saturated rings. The van der Waals surface area contributed by atoms with Crippen molar-refractivity contribution >= 4 is 5.97 Å². The Hall–Kier alpha value is -1.79. The Labute approximate surface area is 354 Å². The Morgan fingerprint density at radius 1 is 0.883 bits per heavy atom. The molecule has 9 aliphatic heterocycles. The zero-order valence-electron chi connectivity index (χ0n) is 36.0. The molecule has 9 aliphatic rings. The van der Waals surface area contributed by atoms with E-state index in [0.29, 0.717) is 62.7 Å². The predicted molar refractivity (Wildman–Crippen MR) is 216 cm³/mol. The monoisotopic (exact) mass is 843 g/mol. The quantitative estimate of drug-likeness (QED) is 0.196. The molecular formula is C46H69NO13. The van der Waals surface area contributed by atoms with Gasteiger partial charge in [-0.25, -0.2) is 0 Å². The van der Waals surface area contributed by atoms with E-state index in [1.807, 2.05) is 12.2 Å². The van der Waals surface area contributed by atoms with Crippen LogP contribution in [-0.2, 0) is 42.7 Å². The van der Waals surface area contributed by atoms with Crippen LogP contribution in [0, 0.1) is 29.6 Å². The number of carbonyl (C=O) groups is 1. The third kappa shape index (κ3) is 8.01. The Kier molecular flexibility index (Phi) is 11.6. The van der Waals surface area contributed by atoms with Crippen molar-refractivity contribution in [2.24, 2.45) is 29.6 Å². The van der Waals surface area contributed by atoms with E-state index in [4.69, 9.17) is 43.0 Å². The van der Waals surface area contributed by atoms with Crippen molar-refractivity contribution in [3.8, 4) is 0 Å². The van der Waals surface area contributed by atoms with Crippen molar-refractivity contribution in [1.82, 2.24) is 5.32 Å². The zero-order valence-corrected chi connectivity index (χ0v) is 36.0. The van der Waals surface area contributed by atoms with Crippen LogP contribution in [0.2, 0.25) is 0 Å². The Morgan fingerprint density at radius 3 is 2.47 bits per heavy atom. The van der Waals surface area contributed by atoms with Crippen molar-refractivity contribution < 1.29 is 63.1 Å². The van der Waals surface area contributed by atoms with Gasteiger partial charge in [0.2, 0.25) is 0 Å². The van der Waals surface area contributed by atoms with Crippen LogP contribution >= 0.6 is 0 Å². The summed E-state index contributed by atoms with van der Waals surface area (Å²) in [6.07, 6.45) is 9.13. The summed E-state index contributed by atoms with van der Waals surface area (Å²) in [6, 6.07) is 0. The molecule has 3 spiro atoms. The Morgan fingerprint density at radius 2 is 1.68 bits per heavy atom. The number of ether oxygens (including phenoxy) is 8. The molecule has 9 rings (SSSR count). The van der Waals surface area contributed by atoms with E-state index in [2.05, 4.69) is 46.5 Å². The summed E-state index contributed by atoms with van der Waals surface area (Å²) in [5.74, 6) is -4.45. The normalized spacial score (nSPS) is 52.2. The fourth-order valence-corrected chi connectivity index (χ4v) is 12.4. The first-order valence-corrected chi connectivity index (χ1v) is 22.9. The molecule has 0 saturated carbocycles. The summed E-state index contributed by atoms with van der Waals surface area (Å²) in [5, 5.41) is 46.9. The number of piperidine rings is 1. The molecule has 0 aromatic rings. The van der Waals surface area contributed by atoms with E-state index in [0.717, 1.165) is 37.8 Å². The number of aliphatic hydroxyl groups is 3. The number of carboxylic acids is 1. The predicted octanol–water partition coefficient (Wildman–Crippen LogP) is 4.98. The van der Waals surface area contributed by atoms with Crippen LogP contribution < -0.4 is 5.32 Å². The standard InChI is InChI=1S/C46H69NO13/c1-25-17-35-40-37(23-44(58-40)29(5)16-26(2)24-47-44)56-43(21-25,55-35)22-28(4)39-27(3)11-13-45(52,59-39)41(51)36-20-34-33(53-36)18-30(6)46(57-34)15-14-42(60-46)12-7-8-32(54-42)10-9-31(48)19-38(49)50/h7,9-10,12,25-27,29-37,39-41,47-48,51-52H,4,8,11,13-24H2,1-3,5-6H3,(H,49,50)/b10-9+/t25-,26+,27+,29-,30+,31+,32+,33+,34+,35-,36-,37+,39+,40+,41+,42+,43-,44-,45-,46-/m1/s1. The van der Waals surface area contributed by atoms with E-state index in [9.17, 15) is 20.1 Å². The van der Waals surface area contributed by atoms with Gasteiger partial charge in [-0.2, -0.15) is 0 Å². The molecular weight excluding hydrogens is 775 g/mol. The summed E-state index contributed by atoms with van der Waals surface area (Å²) < 4.78 is 53.7. The lowest BCUT2D eigenvalue weighted by Crippen LogP contribution is -2.60. The van der Waals surface area contributed by atoms with E-state index >= 15 is 0 Å². The highest BCUT2D eigenvalue weighted by molar-refractivity contribution is 5.67. The van der Waals surface area contributed by atoms with Gasteiger partial charge in [-0.05, 0) is 67.4 Å². The second kappa shape index (κ2) is 16.0. The molecule has 2 bridgehead atoms. The number of carboxylic acid groups (broad SMARTS) is 1. The third-order valence-electron chi connectivity index (χ3n) is 15.5. The maximum absolute atomic E-state index is 12.2. The van der Waals surface area contributed by atoms with Gasteiger partial charge < -0.3 is 58.3 Å². The average molecular weight is 844 g/mol. The molecule has 0 aromatic heterocycles. The van der Waals surface area contributed by atoms with Gasteiger partial charge in [-0.15, -0.1) is 0 Å². The van der Waals surface area contributed by atoms with Crippen LogP contribution in [0.5, 0.6) is 0 Å². The molecule has 14 heteroatoms. The second-order valence-electron chi connectivity index (χ2n) is 20.6. The molecule has 0 aromatic carbocycles. The van der Waals surface area contributed by atoms with Crippen LogP contribution in [0.25, 0.3) is 0 Å². The van der Waals surface area contributed by atoms with E-state index in [1.54, 1.807) is 6.08 Å². The minimum Gasteiger partial charge on any atom is -0.481 e. The van der Waals surface area contributed by atoms with Gasteiger partial charge in [0.25, 0.3) is 0 Å². The number of aliphatic hydroxyl groups excluding tert-OH is 2. The Bertz CT molecular complexity index is 1690. The summed E-state index contributed by atoms with van der Waals surface area (Å²) >= 11 is 0. The maximum atomic E-state index is 12.2. The van der Waals surface area contributed by atoms with Gasteiger partial charge in [0.15, 0.2) is 23.1 Å². The lowest BCUT2D eigenvalue weighted by molar-refractivity contribution is -0.366. The van der Waals surface area contributed by atoms with Gasteiger partial charge in [0.1, 0.15) is 17.9 Å². The van der Waals surface area contributed by atoms with Crippen molar-refractivity contribution in [2.75, 3.05) is 6.54 Å². The topological polar surface area (TPSA) is 184 Å². The summed E-state index contributed by atoms with van der Waals surface area (Å²) in [4.78, 5) is 11.0. The summed E-state index contributed by atoms with van der Waals surface area (Å²) in [7, 11) is 0. The van der Waals surface area contributed by atoms with Crippen LogP contribution in [0.4, 0.5) is 0 Å². The van der Waals surface area contributed by atoms with Gasteiger partial charge in [-0.1, -0.05) is 59.4 Å². The molecule has 60 heavy (non-hydrogen) atoms. The molecule has 336 valence electrons. The number of hydrogen-bond acceptors (Lipinski definition) is 13. The largest absolute Gasteiger partial charge is 0.481 e. The number of nitrogens with one attached hydrogen (secondary N) is 1. The lowest BCUT2D eigenvalue weighted by Gasteiger charge is -2.52. The first-order valence-electron chi connectivity index (χ1n) is 22.9. The fraction of sp³-hybridized carbons (Fsp3) is 0.848. The third-order valence-corrected chi connectivity index (χ3v) is 15.5. The lowest BCUT2D eigenvalue weighted by atomic mass is 9.79. The van der Waals surface area contributed by atoms with E-state index in [-0.39, 0.29) is 55.2 Å². The second-order valence-corrected chi connectivity index (χ2v) is 20.6. The number of fused-ring (bicyclic) bond motifs is 5. The highest BCUT2D eigenvalue weighted by Gasteiger charge is 2.63. The van der Waals surface area contributed by atoms with E-state index in [1.165, 1.54) is 6.08 Å². The molecule has 0 aliphatic carbocycles. The highest BCUT2D eigenvalue weighted by atomic mass is 16.8. The summed E-state index contributed by atoms with van der Waals surface area (Å²) in [6.45, 7) is 16.5. The molecule has 14 nitrogen and oxygen atoms in total. The van der Waals surface area contributed by atoms with Crippen molar-refractivity contribution in [3.05, 3.63) is 36.5 Å². The molecule has 0 radical (unpaired) electrons. The van der Waals surface area contributed by atoms with E-state index < -0.39 is 65.4 Å². The SMILES string of the molecule is C=C(C[C@]12C[C@H](C)C[C@@H](O1)[C@@H]1O[C@@]3(C[C@@H]1O2)NC[C@@H](C)C[C@H]3C)[C@H]1O[C@@](O)([C@@H](O)[C@H]2C[C@@H]3O[C@@]4(CC[C@]5(C=CC[C@@H](/C=C/[C@H](O)CC(=O)O)O5)O4)[C@@H](C)C[C@@H]3O2)CC[C@@H]1C. The van der Waals surface area contributed by atoms with Gasteiger partial charge in [0, 0.05) is 57.4 Å². The molecule has 20 atom stereocenters. The van der Waals surface area contributed by atoms with Gasteiger partial charge in [-0.3, -0.25) is 10.1 Å². The van der Waals surface area contributed by atoms with Crippen LogP contribution in [0.3, 0.4) is 0 Å². The molecule has 5 N–H and O–H groups in total. The van der Waals surface area contributed by atoms with Crippen molar-refractivity contribution in [2.45, 2.75) is 208 Å². The average Bonchev–Trinajstić information content (AvgIpc) is 3.87. The van der Waals surface area contributed by atoms with Crippen molar-refractivity contribution in [1.29, 1.82) is 0 Å². The molecule has 0 amide bonds. The maximum Gasteiger partial charge on any atom is 0.306 e. The Balaban J connectivity index is 0.831. The molecule has 0 unspecified atom stereocenters.